The first-order valence-corrected chi connectivity index (χ1v) is 5.76. The first-order valence-electron chi connectivity index (χ1n) is 5.76. The van der Waals surface area contributed by atoms with Crippen molar-refractivity contribution in [3.8, 4) is 5.69 Å². The number of hydrogen-bond acceptors (Lipinski definition) is 1. The maximum absolute atomic E-state index is 13.9. The van der Waals surface area contributed by atoms with Crippen LogP contribution in [-0.2, 0) is 6.18 Å². The molecule has 0 spiro atoms. The molecule has 20 heavy (non-hydrogen) atoms. The lowest BCUT2D eigenvalue weighted by Crippen LogP contribution is -2.12. The molecule has 102 valence electrons. The molecule has 1 aromatic heterocycles. The number of imidazole rings is 1. The third kappa shape index (κ3) is 1.93. The Morgan fingerprint density at radius 3 is 2.45 bits per heavy atom. The molecule has 0 saturated carbocycles. The van der Waals surface area contributed by atoms with E-state index in [1.54, 1.807) is 24.3 Å². The molecule has 0 fully saturated rings. The first kappa shape index (κ1) is 12.7. The van der Waals surface area contributed by atoms with E-state index in [9.17, 15) is 17.6 Å². The van der Waals surface area contributed by atoms with Crippen molar-refractivity contribution in [2.24, 2.45) is 0 Å². The Morgan fingerprint density at radius 1 is 0.950 bits per heavy atom. The van der Waals surface area contributed by atoms with Crippen LogP contribution in [0.3, 0.4) is 0 Å². The highest BCUT2D eigenvalue weighted by Crippen LogP contribution is 2.36. The van der Waals surface area contributed by atoms with Crippen molar-refractivity contribution in [1.29, 1.82) is 0 Å². The number of fused-ring (bicyclic) bond motifs is 1. The summed E-state index contributed by atoms with van der Waals surface area (Å²) >= 11 is 0. The van der Waals surface area contributed by atoms with Crippen molar-refractivity contribution in [2.45, 2.75) is 6.18 Å². The molecule has 0 aliphatic rings. The fourth-order valence-corrected chi connectivity index (χ4v) is 2.13. The number of nitrogens with zero attached hydrogens (tertiary/aromatic N) is 2. The van der Waals surface area contributed by atoms with E-state index in [0.29, 0.717) is 11.0 Å². The predicted molar refractivity (Wildman–Crippen MR) is 66.0 cm³/mol. The average molecular weight is 280 g/mol. The van der Waals surface area contributed by atoms with Crippen LogP contribution in [0.1, 0.15) is 5.56 Å². The lowest BCUT2D eigenvalue weighted by Gasteiger charge is -2.14. The van der Waals surface area contributed by atoms with Gasteiger partial charge in [-0.15, -0.1) is 0 Å². The van der Waals surface area contributed by atoms with Crippen LogP contribution in [0.2, 0.25) is 0 Å². The Hall–Kier alpha value is -2.37. The highest BCUT2D eigenvalue weighted by Gasteiger charge is 2.35. The highest BCUT2D eigenvalue weighted by molar-refractivity contribution is 5.77. The van der Waals surface area contributed by atoms with Crippen LogP contribution in [0, 0.1) is 5.82 Å². The summed E-state index contributed by atoms with van der Waals surface area (Å²) in [5, 5.41) is 0. The number of aromatic nitrogens is 2. The second-order valence-corrected chi connectivity index (χ2v) is 4.24. The van der Waals surface area contributed by atoms with Gasteiger partial charge in [0, 0.05) is 0 Å². The standard InChI is InChI=1S/C14H8F4N2/c15-10-5-3-4-9(14(16,17)18)13(10)20-8-19-11-6-1-2-7-12(11)20/h1-8H. The van der Waals surface area contributed by atoms with E-state index in [2.05, 4.69) is 4.98 Å². The summed E-state index contributed by atoms with van der Waals surface area (Å²) in [6.45, 7) is 0. The zero-order valence-electron chi connectivity index (χ0n) is 10.0. The van der Waals surface area contributed by atoms with Crippen molar-refractivity contribution in [3.05, 3.63) is 60.2 Å². The van der Waals surface area contributed by atoms with Crippen molar-refractivity contribution in [3.63, 3.8) is 0 Å². The van der Waals surface area contributed by atoms with Gasteiger partial charge in [0.15, 0.2) is 0 Å². The number of rotatable bonds is 1. The molecule has 3 rings (SSSR count). The van der Waals surface area contributed by atoms with Crippen molar-refractivity contribution in [1.82, 2.24) is 9.55 Å². The Kier molecular flexibility index (Phi) is 2.74. The molecular weight excluding hydrogens is 272 g/mol. The minimum Gasteiger partial charge on any atom is -0.295 e. The normalized spacial score (nSPS) is 12.0. The van der Waals surface area contributed by atoms with E-state index in [4.69, 9.17) is 0 Å². The molecule has 2 nitrogen and oxygen atoms in total. The Bertz CT molecular complexity index is 774. The quantitative estimate of drug-likeness (QED) is 0.611. The molecule has 0 atom stereocenters. The maximum atomic E-state index is 13.9. The summed E-state index contributed by atoms with van der Waals surface area (Å²) in [6, 6.07) is 9.52. The summed E-state index contributed by atoms with van der Waals surface area (Å²) in [7, 11) is 0. The molecular formula is C14H8F4N2. The van der Waals surface area contributed by atoms with E-state index < -0.39 is 23.2 Å². The van der Waals surface area contributed by atoms with Crippen LogP contribution in [0.4, 0.5) is 17.6 Å². The number of hydrogen-bond donors (Lipinski definition) is 0. The van der Waals surface area contributed by atoms with Gasteiger partial charge in [-0.1, -0.05) is 18.2 Å². The largest absolute Gasteiger partial charge is 0.418 e. The number of benzene rings is 2. The Labute approximate surface area is 111 Å². The Morgan fingerprint density at radius 2 is 1.70 bits per heavy atom. The summed E-state index contributed by atoms with van der Waals surface area (Å²) in [4.78, 5) is 3.99. The van der Waals surface area contributed by atoms with Crippen LogP contribution < -0.4 is 0 Å². The molecule has 0 aliphatic carbocycles. The van der Waals surface area contributed by atoms with Gasteiger partial charge in [-0.05, 0) is 24.3 Å². The van der Waals surface area contributed by atoms with E-state index in [-0.39, 0.29) is 0 Å². The zero-order valence-corrected chi connectivity index (χ0v) is 10.0. The minimum absolute atomic E-state index is 0.420. The topological polar surface area (TPSA) is 17.8 Å². The smallest absolute Gasteiger partial charge is 0.295 e. The van der Waals surface area contributed by atoms with Crippen LogP contribution in [0.5, 0.6) is 0 Å². The summed E-state index contributed by atoms with van der Waals surface area (Å²) in [6.07, 6.45) is -3.44. The van der Waals surface area contributed by atoms with Gasteiger partial charge >= 0.3 is 6.18 Å². The van der Waals surface area contributed by atoms with Gasteiger partial charge in [0.05, 0.1) is 22.3 Å². The van der Waals surface area contributed by atoms with Gasteiger partial charge in [0.2, 0.25) is 0 Å². The predicted octanol–water partition coefficient (Wildman–Crippen LogP) is 4.18. The fourth-order valence-electron chi connectivity index (χ4n) is 2.13. The molecule has 3 aromatic rings. The third-order valence-corrected chi connectivity index (χ3v) is 2.99. The molecule has 0 aliphatic heterocycles. The zero-order chi connectivity index (χ0) is 14.3. The summed E-state index contributed by atoms with van der Waals surface area (Å²) in [5.41, 5.74) is -0.638. The lowest BCUT2D eigenvalue weighted by atomic mass is 10.1. The van der Waals surface area contributed by atoms with E-state index in [1.165, 1.54) is 6.33 Å². The molecule has 0 saturated heterocycles. The van der Waals surface area contributed by atoms with Crippen LogP contribution in [0.25, 0.3) is 16.7 Å². The summed E-state index contributed by atoms with van der Waals surface area (Å²) in [5.74, 6) is -0.942. The molecule has 0 N–H and O–H groups in total. The maximum Gasteiger partial charge on any atom is 0.418 e. The van der Waals surface area contributed by atoms with Gasteiger partial charge in [0.1, 0.15) is 12.1 Å². The number of halogens is 4. The Balaban J connectivity index is 2.35. The van der Waals surface area contributed by atoms with Crippen LogP contribution in [-0.4, -0.2) is 9.55 Å². The van der Waals surface area contributed by atoms with Crippen LogP contribution in [0.15, 0.2) is 48.8 Å². The van der Waals surface area contributed by atoms with Gasteiger partial charge in [-0.3, -0.25) is 4.57 Å². The highest BCUT2D eigenvalue weighted by atomic mass is 19.4. The van der Waals surface area contributed by atoms with Crippen molar-refractivity contribution < 1.29 is 17.6 Å². The third-order valence-electron chi connectivity index (χ3n) is 2.99. The molecule has 2 aromatic carbocycles. The first-order chi connectivity index (χ1) is 9.48. The number of para-hydroxylation sites is 3. The molecule has 0 radical (unpaired) electrons. The second-order valence-electron chi connectivity index (χ2n) is 4.24. The monoisotopic (exact) mass is 280 g/mol. The van der Waals surface area contributed by atoms with E-state index >= 15 is 0 Å². The second kappa shape index (κ2) is 4.33. The van der Waals surface area contributed by atoms with Crippen molar-refractivity contribution >= 4 is 11.0 Å². The van der Waals surface area contributed by atoms with Gasteiger partial charge in [-0.2, -0.15) is 13.2 Å². The molecule has 0 unspecified atom stereocenters. The number of alkyl halides is 3. The van der Waals surface area contributed by atoms with Gasteiger partial charge < -0.3 is 0 Å². The SMILES string of the molecule is Fc1cccc(C(F)(F)F)c1-n1cnc2ccccc21. The average Bonchev–Trinajstić information content (AvgIpc) is 2.81. The summed E-state index contributed by atoms with van der Waals surface area (Å²) < 4.78 is 54.1. The van der Waals surface area contributed by atoms with Gasteiger partial charge in [0.25, 0.3) is 0 Å². The molecule has 6 heteroatoms. The fraction of sp³-hybridized carbons (Fsp3) is 0.0714. The van der Waals surface area contributed by atoms with E-state index in [0.717, 1.165) is 22.8 Å². The minimum atomic E-state index is -4.64. The lowest BCUT2D eigenvalue weighted by molar-refractivity contribution is -0.137. The van der Waals surface area contributed by atoms with Gasteiger partial charge in [-0.25, -0.2) is 9.37 Å². The van der Waals surface area contributed by atoms with Crippen molar-refractivity contribution in [2.75, 3.05) is 0 Å². The van der Waals surface area contributed by atoms with E-state index in [1.807, 2.05) is 0 Å². The van der Waals surface area contributed by atoms with Crippen LogP contribution >= 0.6 is 0 Å². The molecule has 0 bridgehead atoms. The molecule has 1 heterocycles. The molecule has 0 amide bonds.